The summed E-state index contributed by atoms with van der Waals surface area (Å²) in [6.07, 6.45) is 19.4. The number of fused-ring (bicyclic) bond motifs is 1. The SMILES string of the molecule is Cc1cc(N)c2c(=O)cc(NC3=CCCC=C3)n(C3=CC=CCC=C3)c2n1. The van der Waals surface area contributed by atoms with Gasteiger partial charge in [-0.1, -0.05) is 30.4 Å². The van der Waals surface area contributed by atoms with Crippen molar-refractivity contribution in [3.63, 3.8) is 0 Å². The lowest BCUT2D eigenvalue weighted by atomic mass is 10.1. The number of nitrogens with zero attached hydrogens (tertiary/aromatic N) is 2. The molecule has 5 nitrogen and oxygen atoms in total. The average molecular weight is 358 g/mol. The van der Waals surface area contributed by atoms with Crippen LogP contribution in [-0.2, 0) is 0 Å². The second-order valence-electron chi connectivity index (χ2n) is 6.70. The molecule has 27 heavy (non-hydrogen) atoms. The van der Waals surface area contributed by atoms with Crippen LogP contribution in [0, 0.1) is 6.92 Å². The molecule has 2 aromatic rings. The fourth-order valence-corrected chi connectivity index (χ4v) is 3.40. The number of hydrogen-bond donors (Lipinski definition) is 2. The monoisotopic (exact) mass is 358 g/mol. The number of hydrogen-bond acceptors (Lipinski definition) is 4. The van der Waals surface area contributed by atoms with Gasteiger partial charge in [-0.3, -0.25) is 9.36 Å². The van der Waals surface area contributed by atoms with E-state index < -0.39 is 0 Å². The predicted octanol–water partition coefficient (Wildman–Crippen LogP) is 4.29. The Labute approximate surface area is 157 Å². The first-order chi connectivity index (χ1) is 13.1. The molecule has 0 unspecified atom stereocenters. The molecule has 0 spiro atoms. The van der Waals surface area contributed by atoms with Gasteiger partial charge in [0.15, 0.2) is 11.1 Å². The maximum absolute atomic E-state index is 12.8. The highest BCUT2D eigenvalue weighted by molar-refractivity contribution is 5.92. The normalized spacial score (nSPS) is 16.2. The lowest BCUT2D eigenvalue weighted by Gasteiger charge is -2.20. The van der Waals surface area contributed by atoms with E-state index in [-0.39, 0.29) is 5.43 Å². The third kappa shape index (κ3) is 3.36. The van der Waals surface area contributed by atoms with Gasteiger partial charge >= 0.3 is 0 Å². The van der Waals surface area contributed by atoms with Gasteiger partial charge in [-0.25, -0.2) is 4.98 Å². The zero-order chi connectivity index (χ0) is 18.8. The summed E-state index contributed by atoms with van der Waals surface area (Å²) in [6, 6.07) is 3.34. The van der Waals surface area contributed by atoms with Crippen LogP contribution < -0.4 is 16.5 Å². The van der Waals surface area contributed by atoms with E-state index in [1.165, 1.54) is 0 Å². The van der Waals surface area contributed by atoms with Crippen LogP contribution in [-0.4, -0.2) is 9.55 Å². The largest absolute Gasteiger partial charge is 0.398 e. The minimum atomic E-state index is -0.136. The maximum atomic E-state index is 12.8. The zero-order valence-electron chi connectivity index (χ0n) is 15.3. The van der Waals surface area contributed by atoms with Crippen LogP contribution in [0.5, 0.6) is 0 Å². The Kier molecular flexibility index (Phi) is 4.50. The Hall–Kier alpha value is -3.34. The summed E-state index contributed by atoms with van der Waals surface area (Å²) in [5, 5.41) is 3.84. The van der Waals surface area contributed by atoms with Gasteiger partial charge in [-0.15, -0.1) is 0 Å². The number of aryl methyl sites for hydroxylation is 1. The van der Waals surface area contributed by atoms with Crippen molar-refractivity contribution in [2.24, 2.45) is 0 Å². The topological polar surface area (TPSA) is 72.9 Å². The van der Waals surface area contributed by atoms with Gasteiger partial charge in [-0.05, 0) is 50.5 Å². The molecule has 0 saturated heterocycles. The number of aromatic nitrogens is 2. The number of nitrogens with two attached hydrogens (primary N) is 1. The van der Waals surface area contributed by atoms with E-state index in [0.29, 0.717) is 22.5 Å². The van der Waals surface area contributed by atoms with E-state index in [2.05, 4.69) is 34.6 Å². The number of allylic oxidation sites excluding steroid dienone is 9. The Morgan fingerprint density at radius 3 is 2.85 bits per heavy atom. The summed E-state index contributed by atoms with van der Waals surface area (Å²) < 4.78 is 1.97. The highest BCUT2D eigenvalue weighted by Gasteiger charge is 2.16. The summed E-state index contributed by atoms with van der Waals surface area (Å²) in [7, 11) is 0. The van der Waals surface area contributed by atoms with Crippen LogP contribution in [0.2, 0.25) is 0 Å². The third-order valence-electron chi connectivity index (χ3n) is 4.62. The predicted molar refractivity (Wildman–Crippen MR) is 112 cm³/mol. The van der Waals surface area contributed by atoms with Crippen LogP contribution in [0.3, 0.4) is 0 Å². The molecule has 0 radical (unpaired) electrons. The molecule has 0 atom stereocenters. The molecule has 0 aliphatic heterocycles. The van der Waals surface area contributed by atoms with E-state index in [1.807, 2.05) is 35.8 Å². The Bertz CT molecular complexity index is 1110. The van der Waals surface area contributed by atoms with Crippen molar-refractivity contribution in [3.8, 4) is 0 Å². The Morgan fingerprint density at radius 1 is 1.15 bits per heavy atom. The number of nitrogen functional groups attached to an aromatic ring is 1. The first-order valence-corrected chi connectivity index (χ1v) is 9.14. The van der Waals surface area contributed by atoms with Crippen molar-refractivity contribution >= 4 is 28.2 Å². The molecular weight excluding hydrogens is 336 g/mol. The molecule has 0 amide bonds. The van der Waals surface area contributed by atoms with E-state index in [9.17, 15) is 4.79 Å². The number of nitrogens with one attached hydrogen (secondary N) is 1. The Balaban J connectivity index is 2.01. The van der Waals surface area contributed by atoms with E-state index in [1.54, 1.807) is 12.1 Å². The first-order valence-electron chi connectivity index (χ1n) is 9.14. The van der Waals surface area contributed by atoms with E-state index in [0.717, 1.165) is 36.4 Å². The summed E-state index contributed by atoms with van der Waals surface area (Å²) in [6.45, 7) is 1.88. The number of pyridine rings is 2. The molecule has 0 fully saturated rings. The van der Waals surface area contributed by atoms with Crippen LogP contribution in [0.4, 0.5) is 11.5 Å². The molecule has 0 aromatic carbocycles. The maximum Gasteiger partial charge on any atom is 0.195 e. The van der Waals surface area contributed by atoms with Crippen molar-refractivity contribution in [1.29, 1.82) is 0 Å². The molecular formula is C22H22N4O. The minimum absolute atomic E-state index is 0.136. The van der Waals surface area contributed by atoms with Gasteiger partial charge in [0.2, 0.25) is 0 Å². The van der Waals surface area contributed by atoms with Crippen LogP contribution in [0.1, 0.15) is 25.0 Å². The molecule has 2 aliphatic carbocycles. The third-order valence-corrected chi connectivity index (χ3v) is 4.62. The van der Waals surface area contributed by atoms with Gasteiger partial charge in [0.05, 0.1) is 5.39 Å². The molecule has 2 aliphatic rings. The second-order valence-corrected chi connectivity index (χ2v) is 6.70. The molecule has 0 saturated carbocycles. The average Bonchev–Trinajstić information content (AvgIpc) is 2.91. The molecule has 3 N–H and O–H groups in total. The van der Waals surface area contributed by atoms with Crippen molar-refractivity contribution in [2.45, 2.75) is 26.2 Å². The minimum Gasteiger partial charge on any atom is -0.398 e. The van der Waals surface area contributed by atoms with Gasteiger partial charge < -0.3 is 11.1 Å². The summed E-state index contributed by atoms with van der Waals surface area (Å²) in [5.74, 6) is 0.675. The van der Waals surface area contributed by atoms with Gasteiger partial charge in [0, 0.05) is 28.8 Å². The number of anilines is 2. The lowest BCUT2D eigenvalue weighted by molar-refractivity contribution is 1.01. The van der Waals surface area contributed by atoms with Crippen molar-refractivity contribution in [2.75, 3.05) is 11.1 Å². The molecule has 5 heteroatoms. The van der Waals surface area contributed by atoms with Gasteiger partial charge in [-0.2, -0.15) is 0 Å². The Morgan fingerprint density at radius 2 is 2.04 bits per heavy atom. The number of rotatable bonds is 3. The quantitative estimate of drug-likeness (QED) is 0.858. The van der Waals surface area contributed by atoms with Gasteiger partial charge in [0.1, 0.15) is 5.82 Å². The molecule has 0 bridgehead atoms. The fraction of sp³-hybridized carbons (Fsp3) is 0.182. The standard InChI is InChI=1S/C22H22N4O/c1-15-13-18(23)21-19(27)14-20(25-16-9-5-4-6-10-16)26(22(21)24-15)17-11-7-2-3-8-12-17/h2,5,7-14,25H,3-4,6H2,1H3,(H2,23,24). The summed E-state index contributed by atoms with van der Waals surface area (Å²) >= 11 is 0. The molecule has 136 valence electrons. The summed E-state index contributed by atoms with van der Waals surface area (Å²) in [5.41, 5.74) is 9.73. The molecule has 2 aromatic heterocycles. The second kappa shape index (κ2) is 7.11. The van der Waals surface area contributed by atoms with Crippen molar-refractivity contribution < 1.29 is 0 Å². The first kappa shape index (κ1) is 17.1. The fourth-order valence-electron chi connectivity index (χ4n) is 3.40. The molecule has 4 rings (SSSR count). The van der Waals surface area contributed by atoms with E-state index in [4.69, 9.17) is 5.73 Å². The smallest absolute Gasteiger partial charge is 0.195 e. The highest BCUT2D eigenvalue weighted by atomic mass is 16.1. The molecule has 2 heterocycles. The van der Waals surface area contributed by atoms with Crippen molar-refractivity contribution in [1.82, 2.24) is 9.55 Å². The van der Waals surface area contributed by atoms with Crippen LogP contribution in [0.25, 0.3) is 16.7 Å². The zero-order valence-corrected chi connectivity index (χ0v) is 15.3. The van der Waals surface area contributed by atoms with Gasteiger partial charge in [0.25, 0.3) is 0 Å². The van der Waals surface area contributed by atoms with Crippen molar-refractivity contribution in [3.05, 3.63) is 82.4 Å². The summed E-state index contributed by atoms with van der Waals surface area (Å²) in [4.78, 5) is 17.5. The highest BCUT2D eigenvalue weighted by Crippen LogP contribution is 2.27. The van der Waals surface area contributed by atoms with E-state index >= 15 is 0 Å². The van der Waals surface area contributed by atoms with Crippen LogP contribution >= 0.6 is 0 Å². The lowest BCUT2D eigenvalue weighted by Crippen LogP contribution is -2.17. The van der Waals surface area contributed by atoms with Crippen LogP contribution in [0.15, 0.2) is 71.2 Å².